The van der Waals surface area contributed by atoms with Gasteiger partial charge in [-0.25, -0.2) is 0 Å². The minimum absolute atomic E-state index is 0.340. The molecule has 18 heavy (non-hydrogen) atoms. The second-order valence-corrected chi connectivity index (χ2v) is 4.48. The van der Waals surface area contributed by atoms with Crippen molar-refractivity contribution >= 4 is 11.6 Å². The van der Waals surface area contributed by atoms with Gasteiger partial charge in [-0.1, -0.05) is 36.4 Å². The number of rotatable bonds is 3. The van der Waals surface area contributed by atoms with Crippen LogP contribution in [0.3, 0.4) is 0 Å². The van der Waals surface area contributed by atoms with Gasteiger partial charge in [-0.2, -0.15) is 0 Å². The minimum Gasteiger partial charge on any atom is -0.508 e. The lowest BCUT2D eigenvalue weighted by Crippen LogP contribution is -2.00. The van der Waals surface area contributed by atoms with Gasteiger partial charge in [0.25, 0.3) is 0 Å². The molecule has 0 unspecified atom stereocenters. The summed E-state index contributed by atoms with van der Waals surface area (Å²) in [6.45, 7) is 3.72. The number of allylic oxidation sites excluding steroid dienone is 1. The molecule has 1 heteroatoms. The molecule has 1 N–H and O–H groups in total. The first-order valence-corrected chi connectivity index (χ1v) is 6.04. The Morgan fingerprint density at radius 2 is 1.94 bits per heavy atom. The molecule has 0 spiro atoms. The summed E-state index contributed by atoms with van der Waals surface area (Å²) in [7, 11) is 0. The third-order valence-corrected chi connectivity index (χ3v) is 3.31. The summed E-state index contributed by atoms with van der Waals surface area (Å²) in [5.41, 5.74) is 5.89. The van der Waals surface area contributed by atoms with E-state index in [1.54, 1.807) is 6.07 Å². The zero-order valence-electron chi connectivity index (χ0n) is 10.1. The van der Waals surface area contributed by atoms with Crippen molar-refractivity contribution < 1.29 is 5.11 Å². The summed E-state index contributed by atoms with van der Waals surface area (Å²) in [6, 6.07) is 14.1. The van der Waals surface area contributed by atoms with Gasteiger partial charge in [0.2, 0.25) is 0 Å². The highest BCUT2D eigenvalue weighted by molar-refractivity contribution is 6.02. The number of phenolic OH excluding ortho intramolecular Hbond substituents is 1. The second kappa shape index (κ2) is 4.19. The van der Waals surface area contributed by atoms with Gasteiger partial charge in [0.1, 0.15) is 5.75 Å². The normalized spacial score (nSPS) is 12.3. The highest BCUT2D eigenvalue weighted by atomic mass is 16.3. The summed E-state index contributed by atoms with van der Waals surface area (Å²) in [4.78, 5) is 0. The Labute approximate surface area is 107 Å². The molecule has 1 nitrogen and oxygen atoms in total. The van der Waals surface area contributed by atoms with Crippen molar-refractivity contribution in [3.8, 4) is 5.75 Å². The number of benzene rings is 2. The fraction of sp³-hybridized carbons (Fsp3) is 0.0588. The topological polar surface area (TPSA) is 20.2 Å². The summed E-state index contributed by atoms with van der Waals surface area (Å²) in [5.74, 6) is 0.340. The van der Waals surface area contributed by atoms with Gasteiger partial charge in [0, 0.05) is 0 Å². The summed E-state index contributed by atoms with van der Waals surface area (Å²) in [5, 5.41) is 9.77. The molecule has 0 saturated heterocycles. The van der Waals surface area contributed by atoms with Crippen molar-refractivity contribution in [2.24, 2.45) is 0 Å². The van der Waals surface area contributed by atoms with Crippen molar-refractivity contribution in [2.45, 2.75) is 6.42 Å². The van der Waals surface area contributed by atoms with E-state index in [2.05, 4.69) is 30.9 Å². The van der Waals surface area contributed by atoms with Gasteiger partial charge in [0.05, 0.1) is 0 Å². The minimum atomic E-state index is 0.340. The smallest absolute Gasteiger partial charge is 0.119 e. The maximum atomic E-state index is 9.77. The van der Waals surface area contributed by atoms with Crippen molar-refractivity contribution in [3.63, 3.8) is 0 Å². The van der Waals surface area contributed by atoms with Gasteiger partial charge in [-0.3, -0.25) is 0 Å². The fourth-order valence-corrected chi connectivity index (χ4v) is 2.33. The van der Waals surface area contributed by atoms with Crippen molar-refractivity contribution in [1.29, 1.82) is 0 Å². The maximum Gasteiger partial charge on any atom is 0.119 e. The molecule has 0 aromatic heterocycles. The van der Waals surface area contributed by atoms with Crippen LogP contribution < -0.4 is 0 Å². The average molecular weight is 234 g/mol. The largest absolute Gasteiger partial charge is 0.508 e. The first-order chi connectivity index (χ1) is 8.79. The standard InChI is InChI=1S/C17H14O/c1-2-5-14-10-13(8-9-17(14)18)16-11-12-6-3-4-7-15(12)16/h2-4,6-11,18H,1,5H2. The van der Waals surface area contributed by atoms with E-state index in [0.29, 0.717) is 12.2 Å². The Bertz CT molecular complexity index is 650. The Kier molecular flexibility index (Phi) is 2.52. The van der Waals surface area contributed by atoms with Gasteiger partial charge < -0.3 is 5.11 Å². The van der Waals surface area contributed by atoms with E-state index in [1.165, 1.54) is 16.7 Å². The van der Waals surface area contributed by atoms with Gasteiger partial charge in [-0.05, 0) is 52.5 Å². The second-order valence-electron chi connectivity index (χ2n) is 4.48. The van der Waals surface area contributed by atoms with E-state index >= 15 is 0 Å². The van der Waals surface area contributed by atoms with Crippen molar-refractivity contribution in [3.05, 3.63) is 77.4 Å². The SMILES string of the molecule is C=CCc1cc(C2=Cc3ccccc32)ccc1O. The zero-order chi connectivity index (χ0) is 12.5. The molecule has 0 radical (unpaired) electrons. The van der Waals surface area contributed by atoms with Crippen LogP contribution >= 0.6 is 0 Å². The number of fused-ring (bicyclic) bond motifs is 1. The third kappa shape index (κ3) is 1.65. The molecule has 2 aromatic rings. The molecule has 88 valence electrons. The number of hydrogen-bond acceptors (Lipinski definition) is 1. The molecule has 0 saturated carbocycles. The fourth-order valence-electron chi connectivity index (χ4n) is 2.33. The van der Waals surface area contributed by atoms with Crippen LogP contribution in [0.1, 0.15) is 22.3 Å². The average Bonchev–Trinajstić information content (AvgIpc) is 2.35. The third-order valence-electron chi connectivity index (χ3n) is 3.31. The summed E-state index contributed by atoms with van der Waals surface area (Å²) in [6.07, 6.45) is 4.68. The molecule has 0 heterocycles. The number of phenols is 1. The van der Waals surface area contributed by atoms with Crippen LogP contribution in [0.4, 0.5) is 0 Å². The van der Waals surface area contributed by atoms with E-state index in [1.807, 2.05) is 24.3 Å². The quantitative estimate of drug-likeness (QED) is 0.678. The van der Waals surface area contributed by atoms with Gasteiger partial charge in [-0.15, -0.1) is 6.58 Å². The monoisotopic (exact) mass is 234 g/mol. The molecule has 1 aliphatic carbocycles. The molecule has 0 aliphatic heterocycles. The zero-order valence-corrected chi connectivity index (χ0v) is 10.1. The van der Waals surface area contributed by atoms with Crippen LogP contribution in [-0.2, 0) is 6.42 Å². The van der Waals surface area contributed by atoms with Gasteiger partial charge in [0.15, 0.2) is 0 Å². The summed E-state index contributed by atoms with van der Waals surface area (Å²) < 4.78 is 0. The number of hydrogen-bond donors (Lipinski definition) is 1. The first-order valence-electron chi connectivity index (χ1n) is 6.04. The highest BCUT2D eigenvalue weighted by Crippen LogP contribution is 2.38. The summed E-state index contributed by atoms with van der Waals surface area (Å²) >= 11 is 0. The van der Waals surface area contributed by atoms with E-state index in [4.69, 9.17) is 0 Å². The molecular formula is C17H14O. The Balaban J connectivity index is 2.00. The lowest BCUT2D eigenvalue weighted by molar-refractivity contribution is 0.469. The van der Waals surface area contributed by atoms with Crippen molar-refractivity contribution in [1.82, 2.24) is 0 Å². The Morgan fingerprint density at radius 1 is 1.11 bits per heavy atom. The van der Waals surface area contributed by atoms with Crippen LogP contribution in [0, 0.1) is 0 Å². The van der Waals surface area contributed by atoms with Crippen LogP contribution in [0.25, 0.3) is 11.6 Å². The Hall–Kier alpha value is -2.28. The van der Waals surface area contributed by atoms with E-state index in [-0.39, 0.29) is 0 Å². The maximum absolute atomic E-state index is 9.77. The predicted molar refractivity (Wildman–Crippen MR) is 75.4 cm³/mol. The first kappa shape index (κ1) is 10.8. The van der Waals surface area contributed by atoms with E-state index < -0.39 is 0 Å². The van der Waals surface area contributed by atoms with Crippen LogP contribution in [-0.4, -0.2) is 5.11 Å². The van der Waals surface area contributed by atoms with Crippen LogP contribution in [0.15, 0.2) is 55.1 Å². The van der Waals surface area contributed by atoms with Crippen LogP contribution in [0.2, 0.25) is 0 Å². The van der Waals surface area contributed by atoms with Gasteiger partial charge >= 0.3 is 0 Å². The lowest BCUT2D eigenvalue weighted by atomic mass is 9.83. The molecule has 1 aliphatic rings. The molecular weight excluding hydrogens is 220 g/mol. The predicted octanol–water partition coefficient (Wildman–Crippen LogP) is 4.02. The number of aromatic hydroxyl groups is 1. The molecule has 0 atom stereocenters. The molecule has 0 amide bonds. The van der Waals surface area contributed by atoms with Crippen LogP contribution in [0.5, 0.6) is 5.75 Å². The molecule has 3 rings (SSSR count). The van der Waals surface area contributed by atoms with E-state index in [0.717, 1.165) is 11.1 Å². The van der Waals surface area contributed by atoms with Crippen molar-refractivity contribution in [2.75, 3.05) is 0 Å². The lowest BCUT2D eigenvalue weighted by Gasteiger charge is -2.20. The van der Waals surface area contributed by atoms with E-state index in [9.17, 15) is 5.11 Å². The highest BCUT2D eigenvalue weighted by Gasteiger charge is 2.17. The molecule has 2 aromatic carbocycles. The Morgan fingerprint density at radius 3 is 2.72 bits per heavy atom. The molecule has 0 fully saturated rings. The molecule has 0 bridgehead atoms.